The highest BCUT2D eigenvalue weighted by molar-refractivity contribution is 5.81. The Hall–Kier alpha value is -2.86. The van der Waals surface area contributed by atoms with Gasteiger partial charge in [-0.2, -0.15) is 0 Å². The number of aromatic nitrogens is 1. The molecule has 2 aromatic rings. The molecule has 0 aliphatic carbocycles. The van der Waals surface area contributed by atoms with Crippen molar-refractivity contribution in [3.63, 3.8) is 0 Å². The summed E-state index contributed by atoms with van der Waals surface area (Å²) in [4.78, 5) is 15.9. The van der Waals surface area contributed by atoms with Crippen LogP contribution in [0, 0.1) is 26.0 Å². The van der Waals surface area contributed by atoms with Crippen LogP contribution in [0.15, 0.2) is 30.5 Å². The van der Waals surface area contributed by atoms with E-state index in [0.717, 1.165) is 39.3 Å². The summed E-state index contributed by atoms with van der Waals surface area (Å²) in [6, 6.07) is 12.0. The summed E-state index contributed by atoms with van der Waals surface area (Å²) in [7, 11) is 0. The number of hydrogen-bond acceptors (Lipinski definition) is 2. The molecule has 3 nitrogen and oxygen atoms in total. The van der Waals surface area contributed by atoms with Gasteiger partial charge in [-0.15, -0.1) is 0 Å². The Kier molecular flexibility index (Phi) is 4.98. The summed E-state index contributed by atoms with van der Waals surface area (Å²) in [5.74, 6) is -0.101. The zero-order chi connectivity index (χ0) is 17.0. The van der Waals surface area contributed by atoms with Crippen LogP contribution in [0.5, 0.6) is 0 Å². The molecule has 0 saturated heterocycles. The first-order valence-electron chi connectivity index (χ1n) is 7.41. The van der Waals surface area contributed by atoms with E-state index in [0.29, 0.717) is 0 Å². The highest BCUT2D eigenvalue weighted by atomic mass is 16.1. The summed E-state index contributed by atoms with van der Waals surface area (Å²) in [6.45, 7) is 11.2. The number of aryl methyl sites for hydroxylation is 2. The minimum absolute atomic E-state index is 0.101. The lowest BCUT2D eigenvalue weighted by atomic mass is 9.98. The predicted molar refractivity (Wildman–Crippen MR) is 94.4 cm³/mol. The van der Waals surface area contributed by atoms with E-state index in [1.165, 1.54) is 6.92 Å². The monoisotopic (exact) mass is 304 g/mol. The van der Waals surface area contributed by atoms with E-state index in [2.05, 4.69) is 29.0 Å². The lowest BCUT2D eigenvalue weighted by Gasteiger charge is -2.10. The van der Waals surface area contributed by atoms with Gasteiger partial charge in [0.15, 0.2) is 0 Å². The maximum Gasteiger partial charge on any atom is 0.220 e. The topological polar surface area (TPSA) is 42.0 Å². The molecular weight excluding hydrogens is 284 g/mol. The van der Waals surface area contributed by atoms with Crippen molar-refractivity contribution >= 4 is 18.1 Å². The van der Waals surface area contributed by atoms with Crippen LogP contribution in [0.25, 0.3) is 23.4 Å². The highest BCUT2D eigenvalue weighted by Crippen LogP contribution is 2.27. The Morgan fingerprint density at radius 2 is 2.04 bits per heavy atom. The molecular formula is C20H20N2O. The van der Waals surface area contributed by atoms with E-state index in [-0.39, 0.29) is 5.91 Å². The third-order valence-electron chi connectivity index (χ3n) is 3.32. The van der Waals surface area contributed by atoms with Gasteiger partial charge >= 0.3 is 0 Å². The lowest BCUT2D eigenvalue weighted by molar-refractivity contribution is -0.118. The minimum atomic E-state index is -0.101. The van der Waals surface area contributed by atoms with Gasteiger partial charge in [0.2, 0.25) is 5.91 Å². The van der Waals surface area contributed by atoms with Crippen LogP contribution < -0.4 is 5.32 Å². The molecule has 23 heavy (non-hydrogen) atoms. The number of carbonyl (C=O) groups is 1. The molecule has 2 rings (SSSR count). The second-order valence-electron chi connectivity index (χ2n) is 5.54. The van der Waals surface area contributed by atoms with Crippen molar-refractivity contribution in [2.24, 2.45) is 0 Å². The summed E-state index contributed by atoms with van der Waals surface area (Å²) in [5.41, 5.74) is 6.42. The summed E-state index contributed by atoms with van der Waals surface area (Å²) in [6.07, 6.45) is 3.65. The molecule has 0 atom stereocenters. The van der Waals surface area contributed by atoms with Crippen molar-refractivity contribution in [2.45, 2.75) is 27.7 Å². The van der Waals surface area contributed by atoms with E-state index in [1.54, 1.807) is 6.08 Å². The first-order chi connectivity index (χ1) is 10.9. The molecule has 1 heterocycles. The maximum atomic E-state index is 11.2. The van der Waals surface area contributed by atoms with Crippen molar-refractivity contribution in [3.05, 3.63) is 65.0 Å². The molecule has 1 aromatic heterocycles. The average molecular weight is 304 g/mol. The number of nitrogens with zero attached hydrogens (tertiary/aromatic N) is 1. The second kappa shape index (κ2) is 6.93. The molecule has 0 spiro atoms. The maximum absolute atomic E-state index is 11.2. The molecule has 0 aliphatic heterocycles. The summed E-state index contributed by atoms with van der Waals surface area (Å²) in [5, 5.41) is 2.79. The molecule has 1 aromatic carbocycles. The highest BCUT2D eigenvalue weighted by Gasteiger charge is 2.09. The van der Waals surface area contributed by atoms with E-state index in [9.17, 15) is 4.79 Å². The number of rotatable bonds is 4. The van der Waals surface area contributed by atoms with Crippen molar-refractivity contribution < 1.29 is 4.79 Å². The number of nitrogens with one attached hydrogen (secondary N) is 1. The zero-order valence-corrected chi connectivity index (χ0v) is 13.9. The van der Waals surface area contributed by atoms with Crippen LogP contribution in [0.2, 0.25) is 0 Å². The third-order valence-corrected chi connectivity index (χ3v) is 3.32. The Morgan fingerprint density at radius 1 is 1.30 bits per heavy atom. The molecule has 0 radical (unpaired) electrons. The lowest BCUT2D eigenvalue weighted by Crippen LogP contribution is -2.16. The van der Waals surface area contributed by atoms with Gasteiger partial charge in [-0.25, -0.2) is 0 Å². The van der Waals surface area contributed by atoms with Gasteiger partial charge in [-0.3, -0.25) is 9.78 Å². The zero-order valence-electron chi connectivity index (χ0n) is 13.9. The molecule has 3 heteroatoms. The minimum Gasteiger partial charge on any atom is -0.330 e. The fraction of sp³-hybridized carbons (Fsp3) is 0.200. The third kappa shape index (κ3) is 4.08. The first kappa shape index (κ1) is 16.5. The summed E-state index contributed by atoms with van der Waals surface area (Å²) < 4.78 is 0. The standard InChI is InChI=1S/C20H20N2O/c1-6-17-8-7-9-18(19(17)12-15(4)21-16(5)23)20-11-13(2)10-14(3)22-20/h6,9-12H,1H2,2-5H3,(H,21,23)/b15-12+. The van der Waals surface area contributed by atoms with Crippen molar-refractivity contribution in [3.8, 4) is 11.3 Å². The van der Waals surface area contributed by atoms with Crippen LogP contribution >= 0.6 is 0 Å². The van der Waals surface area contributed by atoms with Gasteiger partial charge in [-0.05, 0) is 50.6 Å². The van der Waals surface area contributed by atoms with Gasteiger partial charge in [0.1, 0.15) is 0 Å². The van der Waals surface area contributed by atoms with E-state index in [1.807, 2.05) is 45.0 Å². The Labute approximate surface area is 137 Å². The molecule has 0 unspecified atom stereocenters. The average Bonchev–Trinajstić information content (AvgIpc) is 2.45. The van der Waals surface area contributed by atoms with Crippen LogP contribution in [0.1, 0.15) is 36.2 Å². The first-order valence-corrected chi connectivity index (χ1v) is 7.41. The molecule has 1 N–H and O–H groups in total. The molecule has 0 saturated carbocycles. The second-order valence-corrected chi connectivity index (χ2v) is 5.54. The SMILES string of the molecule is C=Cc1c#ccc(-c2cc(C)cc(C)n2)c1/C=C(\C)NC(C)=O. The van der Waals surface area contributed by atoms with Gasteiger partial charge in [0, 0.05) is 35.0 Å². The number of hydrogen-bond donors (Lipinski definition) is 1. The fourth-order valence-corrected chi connectivity index (χ4v) is 2.51. The van der Waals surface area contributed by atoms with Crippen LogP contribution in [0.4, 0.5) is 0 Å². The van der Waals surface area contributed by atoms with Gasteiger partial charge in [-0.1, -0.05) is 24.8 Å². The number of pyridine rings is 1. The molecule has 0 fully saturated rings. The van der Waals surface area contributed by atoms with Crippen LogP contribution in [-0.4, -0.2) is 10.9 Å². The van der Waals surface area contributed by atoms with Gasteiger partial charge in [0.05, 0.1) is 5.69 Å². The molecule has 0 bridgehead atoms. The van der Waals surface area contributed by atoms with Crippen LogP contribution in [0.3, 0.4) is 0 Å². The molecule has 1 amide bonds. The number of carbonyl (C=O) groups excluding carboxylic acids is 1. The van der Waals surface area contributed by atoms with E-state index in [4.69, 9.17) is 0 Å². The predicted octanol–water partition coefficient (Wildman–Crippen LogP) is 4.11. The van der Waals surface area contributed by atoms with Crippen LogP contribution in [-0.2, 0) is 4.79 Å². The Morgan fingerprint density at radius 3 is 2.65 bits per heavy atom. The largest absolute Gasteiger partial charge is 0.330 e. The quantitative estimate of drug-likeness (QED) is 0.923. The van der Waals surface area contributed by atoms with Gasteiger partial charge < -0.3 is 5.32 Å². The van der Waals surface area contributed by atoms with Crippen molar-refractivity contribution in [2.75, 3.05) is 0 Å². The Bertz CT molecular complexity index is 768. The fourth-order valence-electron chi connectivity index (χ4n) is 2.51. The molecule has 0 aliphatic rings. The summed E-state index contributed by atoms with van der Waals surface area (Å²) >= 11 is 0. The Balaban J connectivity index is 2.64. The van der Waals surface area contributed by atoms with Crippen molar-refractivity contribution in [1.82, 2.24) is 10.3 Å². The number of amides is 1. The number of allylic oxidation sites excluding steroid dienone is 1. The molecule has 116 valence electrons. The van der Waals surface area contributed by atoms with E-state index < -0.39 is 0 Å². The van der Waals surface area contributed by atoms with Gasteiger partial charge in [0.25, 0.3) is 0 Å². The van der Waals surface area contributed by atoms with Crippen molar-refractivity contribution in [1.29, 1.82) is 0 Å². The van der Waals surface area contributed by atoms with E-state index >= 15 is 0 Å². The normalized spacial score (nSPS) is 10.9. The smallest absolute Gasteiger partial charge is 0.220 e.